The van der Waals surface area contributed by atoms with Gasteiger partial charge in [0.2, 0.25) is 0 Å². The Morgan fingerprint density at radius 3 is 2.94 bits per heavy atom. The van der Waals surface area contributed by atoms with Crippen LogP contribution in [-0.4, -0.2) is 11.9 Å². The molecular weight excluding hydrogens is 228 g/mol. The molecule has 0 aromatic carbocycles. The minimum absolute atomic E-state index is 0.116. The first-order valence-electron chi connectivity index (χ1n) is 6.78. The number of nitrogens with one attached hydrogen (secondary N) is 1. The summed E-state index contributed by atoms with van der Waals surface area (Å²) in [6.45, 7) is 2.61. The summed E-state index contributed by atoms with van der Waals surface area (Å²) in [5.74, 6) is 1.68. The molecule has 4 nitrogen and oxygen atoms in total. The van der Waals surface area contributed by atoms with E-state index in [0.717, 1.165) is 18.8 Å². The fraction of sp³-hybridized carbons (Fsp3) is 0.643. The van der Waals surface area contributed by atoms with Crippen LogP contribution in [0.5, 0.6) is 0 Å². The Labute approximate surface area is 108 Å². The number of carbonyl (C=O) groups excluding carboxylic acids is 1. The predicted molar refractivity (Wildman–Crippen MR) is 70.1 cm³/mol. The molecule has 0 radical (unpaired) electrons. The molecule has 0 spiro atoms. The topological polar surface area (TPSA) is 68.3 Å². The van der Waals surface area contributed by atoms with Gasteiger partial charge in [-0.3, -0.25) is 4.79 Å². The molecule has 0 aliphatic heterocycles. The minimum Gasteiger partial charge on any atom is -0.455 e. The molecule has 4 heteroatoms. The van der Waals surface area contributed by atoms with Crippen LogP contribution in [0.4, 0.5) is 0 Å². The van der Waals surface area contributed by atoms with Gasteiger partial charge in [0.15, 0.2) is 5.76 Å². The van der Waals surface area contributed by atoms with Gasteiger partial charge in [0.05, 0.1) is 6.54 Å². The first kappa shape index (κ1) is 13.1. The highest BCUT2D eigenvalue weighted by Crippen LogP contribution is 2.22. The van der Waals surface area contributed by atoms with E-state index in [2.05, 4.69) is 12.2 Å². The molecule has 1 aromatic rings. The van der Waals surface area contributed by atoms with Gasteiger partial charge in [-0.05, 0) is 37.3 Å². The van der Waals surface area contributed by atoms with Gasteiger partial charge in [0, 0.05) is 6.04 Å². The van der Waals surface area contributed by atoms with Gasteiger partial charge in [0.1, 0.15) is 5.76 Å². The SMILES string of the molecule is CC1CCCC(NC(=O)c2ccc(CN)o2)CC1. The highest BCUT2D eigenvalue weighted by molar-refractivity contribution is 5.91. The zero-order valence-electron chi connectivity index (χ0n) is 10.9. The molecule has 1 heterocycles. The van der Waals surface area contributed by atoms with E-state index in [1.54, 1.807) is 12.1 Å². The number of hydrogen-bond acceptors (Lipinski definition) is 3. The molecule has 2 rings (SSSR count). The third-order valence-corrected chi connectivity index (χ3v) is 3.68. The number of amides is 1. The van der Waals surface area contributed by atoms with Crippen LogP contribution in [0.25, 0.3) is 0 Å². The molecule has 2 unspecified atom stereocenters. The van der Waals surface area contributed by atoms with Crippen molar-refractivity contribution < 1.29 is 9.21 Å². The van der Waals surface area contributed by atoms with Crippen molar-refractivity contribution in [2.24, 2.45) is 11.7 Å². The van der Waals surface area contributed by atoms with Gasteiger partial charge in [-0.2, -0.15) is 0 Å². The molecule has 18 heavy (non-hydrogen) atoms. The molecule has 0 saturated heterocycles. The lowest BCUT2D eigenvalue weighted by Crippen LogP contribution is -2.34. The molecule has 1 amide bonds. The molecule has 3 N–H and O–H groups in total. The van der Waals surface area contributed by atoms with Crippen molar-refractivity contribution in [2.45, 2.75) is 51.6 Å². The molecule has 1 fully saturated rings. The average molecular weight is 250 g/mol. The van der Waals surface area contributed by atoms with Crippen LogP contribution in [-0.2, 0) is 6.54 Å². The lowest BCUT2D eigenvalue weighted by molar-refractivity contribution is 0.0903. The molecule has 0 bridgehead atoms. The molecular formula is C14H22N2O2. The van der Waals surface area contributed by atoms with Crippen LogP contribution in [0.2, 0.25) is 0 Å². The Balaban J connectivity index is 1.90. The molecule has 1 saturated carbocycles. The van der Waals surface area contributed by atoms with Gasteiger partial charge in [-0.15, -0.1) is 0 Å². The Morgan fingerprint density at radius 1 is 1.39 bits per heavy atom. The van der Waals surface area contributed by atoms with E-state index >= 15 is 0 Å². The Hall–Kier alpha value is -1.29. The van der Waals surface area contributed by atoms with Gasteiger partial charge in [-0.1, -0.05) is 19.8 Å². The van der Waals surface area contributed by atoms with E-state index in [1.165, 1.54) is 19.3 Å². The van der Waals surface area contributed by atoms with Crippen molar-refractivity contribution >= 4 is 5.91 Å². The number of furan rings is 1. The summed E-state index contributed by atoms with van der Waals surface area (Å²) in [5.41, 5.74) is 5.46. The van der Waals surface area contributed by atoms with Crippen LogP contribution in [0.15, 0.2) is 16.5 Å². The summed E-state index contributed by atoms with van der Waals surface area (Å²) in [7, 11) is 0. The fourth-order valence-corrected chi connectivity index (χ4v) is 2.50. The van der Waals surface area contributed by atoms with E-state index in [0.29, 0.717) is 18.1 Å². The quantitative estimate of drug-likeness (QED) is 0.810. The maximum Gasteiger partial charge on any atom is 0.287 e. The van der Waals surface area contributed by atoms with Crippen LogP contribution < -0.4 is 11.1 Å². The third kappa shape index (κ3) is 3.35. The van der Waals surface area contributed by atoms with Crippen molar-refractivity contribution in [3.8, 4) is 0 Å². The zero-order valence-corrected chi connectivity index (χ0v) is 10.9. The molecule has 1 aromatic heterocycles. The lowest BCUT2D eigenvalue weighted by Gasteiger charge is -2.15. The van der Waals surface area contributed by atoms with Crippen molar-refractivity contribution in [3.05, 3.63) is 23.7 Å². The Bertz CT molecular complexity index is 400. The van der Waals surface area contributed by atoms with E-state index in [1.807, 2.05) is 0 Å². The summed E-state index contributed by atoms with van der Waals surface area (Å²) in [5, 5.41) is 3.06. The standard InChI is InChI=1S/C14H22N2O2/c1-10-3-2-4-11(6-5-10)16-14(17)13-8-7-12(9-15)18-13/h7-8,10-11H,2-6,9,15H2,1H3,(H,16,17). The second kappa shape index (κ2) is 6.05. The highest BCUT2D eigenvalue weighted by atomic mass is 16.4. The lowest BCUT2D eigenvalue weighted by atomic mass is 10.0. The normalized spacial score (nSPS) is 24.6. The maximum absolute atomic E-state index is 12.0. The van der Waals surface area contributed by atoms with Gasteiger partial charge in [-0.25, -0.2) is 0 Å². The molecule has 1 aliphatic carbocycles. The number of rotatable bonds is 3. The van der Waals surface area contributed by atoms with E-state index in [9.17, 15) is 4.79 Å². The Kier molecular flexibility index (Phi) is 4.42. The van der Waals surface area contributed by atoms with Crippen LogP contribution >= 0.6 is 0 Å². The predicted octanol–water partition coefficient (Wildman–Crippen LogP) is 2.44. The molecule has 2 atom stereocenters. The summed E-state index contributed by atoms with van der Waals surface area (Å²) in [6, 6.07) is 3.73. The number of nitrogens with two attached hydrogens (primary N) is 1. The summed E-state index contributed by atoms with van der Waals surface area (Å²) in [6.07, 6.45) is 5.79. The van der Waals surface area contributed by atoms with Crippen LogP contribution in [0, 0.1) is 5.92 Å². The summed E-state index contributed by atoms with van der Waals surface area (Å²) < 4.78 is 5.35. The molecule has 1 aliphatic rings. The molecule has 100 valence electrons. The maximum atomic E-state index is 12.0. The van der Waals surface area contributed by atoms with Crippen molar-refractivity contribution in [1.82, 2.24) is 5.32 Å². The second-order valence-electron chi connectivity index (χ2n) is 5.25. The first-order valence-corrected chi connectivity index (χ1v) is 6.78. The summed E-state index contributed by atoms with van der Waals surface area (Å²) >= 11 is 0. The highest BCUT2D eigenvalue weighted by Gasteiger charge is 2.19. The number of hydrogen-bond donors (Lipinski definition) is 2. The van der Waals surface area contributed by atoms with E-state index in [4.69, 9.17) is 10.2 Å². The minimum atomic E-state index is -0.116. The largest absolute Gasteiger partial charge is 0.455 e. The van der Waals surface area contributed by atoms with Gasteiger partial charge >= 0.3 is 0 Å². The number of carbonyl (C=O) groups is 1. The monoisotopic (exact) mass is 250 g/mol. The summed E-state index contributed by atoms with van der Waals surface area (Å²) in [4.78, 5) is 12.0. The van der Waals surface area contributed by atoms with Crippen molar-refractivity contribution in [3.63, 3.8) is 0 Å². The van der Waals surface area contributed by atoms with Crippen LogP contribution in [0.3, 0.4) is 0 Å². The van der Waals surface area contributed by atoms with Crippen molar-refractivity contribution in [2.75, 3.05) is 0 Å². The second-order valence-corrected chi connectivity index (χ2v) is 5.25. The Morgan fingerprint density at radius 2 is 2.22 bits per heavy atom. The van der Waals surface area contributed by atoms with Gasteiger partial charge in [0.25, 0.3) is 5.91 Å². The van der Waals surface area contributed by atoms with Crippen LogP contribution in [0.1, 0.15) is 55.3 Å². The zero-order chi connectivity index (χ0) is 13.0. The van der Waals surface area contributed by atoms with E-state index in [-0.39, 0.29) is 11.9 Å². The van der Waals surface area contributed by atoms with E-state index < -0.39 is 0 Å². The van der Waals surface area contributed by atoms with Gasteiger partial charge < -0.3 is 15.5 Å². The average Bonchev–Trinajstić information content (AvgIpc) is 2.76. The first-order chi connectivity index (χ1) is 8.69. The third-order valence-electron chi connectivity index (χ3n) is 3.68. The fourth-order valence-electron chi connectivity index (χ4n) is 2.50. The smallest absolute Gasteiger partial charge is 0.287 e. The van der Waals surface area contributed by atoms with Crippen molar-refractivity contribution in [1.29, 1.82) is 0 Å².